The van der Waals surface area contributed by atoms with Crippen LogP contribution in [0.1, 0.15) is 38.4 Å². The molecule has 0 aromatic carbocycles. The predicted octanol–water partition coefficient (Wildman–Crippen LogP) is 1.67. The Morgan fingerprint density at radius 3 is 2.92 bits per heavy atom. The van der Waals surface area contributed by atoms with Crippen molar-refractivity contribution in [2.45, 2.75) is 51.2 Å². The standard InChI is InChI=1S/C17H26N4O3/c1-3-14-18-8-12-20(14)10-5-15(22)21-9-4-6-17(7-11-21)13-19(2)16(23)24-17/h8,12H,3-7,9-11,13H2,1-2H3. The number of hydrogen-bond donors (Lipinski definition) is 0. The number of amides is 2. The molecule has 2 amide bonds. The molecular weight excluding hydrogens is 308 g/mol. The second-order valence-electron chi connectivity index (χ2n) is 6.78. The Balaban J connectivity index is 1.54. The van der Waals surface area contributed by atoms with E-state index < -0.39 is 5.60 Å². The second kappa shape index (κ2) is 6.83. The molecule has 7 heteroatoms. The lowest BCUT2D eigenvalue weighted by Gasteiger charge is -2.25. The van der Waals surface area contributed by atoms with Crippen LogP contribution in [0.25, 0.3) is 0 Å². The first-order chi connectivity index (χ1) is 11.5. The van der Waals surface area contributed by atoms with Gasteiger partial charge in [0.05, 0.1) is 6.54 Å². The van der Waals surface area contributed by atoms with Crippen LogP contribution in [0, 0.1) is 0 Å². The number of aromatic nitrogens is 2. The highest BCUT2D eigenvalue weighted by Gasteiger charge is 2.44. The summed E-state index contributed by atoms with van der Waals surface area (Å²) in [6.07, 6.45) is 7.23. The molecule has 1 aromatic heterocycles. The van der Waals surface area contributed by atoms with E-state index in [1.54, 1.807) is 18.1 Å². The molecule has 2 aliphatic heterocycles. The van der Waals surface area contributed by atoms with Gasteiger partial charge in [-0.15, -0.1) is 0 Å². The van der Waals surface area contributed by atoms with Gasteiger partial charge >= 0.3 is 6.09 Å². The van der Waals surface area contributed by atoms with E-state index in [1.807, 2.05) is 15.7 Å². The topological polar surface area (TPSA) is 67.7 Å². The summed E-state index contributed by atoms with van der Waals surface area (Å²) in [5, 5.41) is 0. The number of nitrogens with zero attached hydrogens (tertiary/aromatic N) is 4. The lowest BCUT2D eigenvalue weighted by Crippen LogP contribution is -2.37. The molecule has 2 aliphatic rings. The number of aryl methyl sites for hydroxylation is 2. The van der Waals surface area contributed by atoms with Crippen molar-refractivity contribution in [3.8, 4) is 0 Å². The average molecular weight is 334 g/mol. The van der Waals surface area contributed by atoms with E-state index in [0.717, 1.165) is 38.1 Å². The second-order valence-corrected chi connectivity index (χ2v) is 6.78. The number of carbonyl (C=O) groups is 2. The van der Waals surface area contributed by atoms with E-state index in [-0.39, 0.29) is 12.0 Å². The van der Waals surface area contributed by atoms with Crippen LogP contribution in [0.4, 0.5) is 4.79 Å². The number of imidazole rings is 1. The Labute approximate surface area is 142 Å². The average Bonchev–Trinajstić information content (AvgIpc) is 3.06. The van der Waals surface area contributed by atoms with Gasteiger partial charge in [-0.25, -0.2) is 9.78 Å². The number of hydrogen-bond acceptors (Lipinski definition) is 4. The first-order valence-corrected chi connectivity index (χ1v) is 8.75. The Morgan fingerprint density at radius 2 is 2.21 bits per heavy atom. The number of ether oxygens (including phenoxy) is 1. The monoisotopic (exact) mass is 334 g/mol. The van der Waals surface area contributed by atoms with Gasteiger partial charge in [-0.3, -0.25) is 4.79 Å². The SMILES string of the molecule is CCc1nccn1CCC(=O)N1CCCC2(CC1)CN(C)C(=O)O2. The van der Waals surface area contributed by atoms with Crippen LogP contribution >= 0.6 is 0 Å². The third-order valence-corrected chi connectivity index (χ3v) is 5.08. The molecular formula is C17H26N4O3. The van der Waals surface area contributed by atoms with Gasteiger partial charge in [-0.1, -0.05) is 6.92 Å². The zero-order chi connectivity index (χ0) is 17.2. The van der Waals surface area contributed by atoms with Crippen molar-refractivity contribution in [2.24, 2.45) is 0 Å². The van der Waals surface area contributed by atoms with Crippen molar-refractivity contribution >= 4 is 12.0 Å². The highest BCUT2D eigenvalue weighted by Crippen LogP contribution is 2.32. The van der Waals surface area contributed by atoms with Crippen LogP contribution in [0.2, 0.25) is 0 Å². The maximum Gasteiger partial charge on any atom is 0.410 e. The summed E-state index contributed by atoms with van der Waals surface area (Å²) in [5.41, 5.74) is -0.402. The van der Waals surface area contributed by atoms with E-state index in [9.17, 15) is 9.59 Å². The van der Waals surface area contributed by atoms with Crippen molar-refractivity contribution in [1.29, 1.82) is 0 Å². The minimum absolute atomic E-state index is 0.167. The molecule has 2 saturated heterocycles. The Kier molecular flexibility index (Phi) is 4.78. The molecule has 0 bridgehead atoms. The maximum atomic E-state index is 12.6. The van der Waals surface area contributed by atoms with Gasteiger partial charge in [-0.05, 0) is 12.8 Å². The molecule has 3 heterocycles. The number of likely N-dealkylation sites (tertiary alicyclic amines) is 1. The van der Waals surface area contributed by atoms with E-state index in [2.05, 4.69) is 11.9 Å². The van der Waals surface area contributed by atoms with Crippen LogP contribution in [0.3, 0.4) is 0 Å². The highest BCUT2D eigenvalue weighted by atomic mass is 16.6. The first-order valence-electron chi connectivity index (χ1n) is 8.75. The molecule has 0 radical (unpaired) electrons. The summed E-state index contributed by atoms with van der Waals surface area (Å²) in [6.45, 7) is 4.76. The van der Waals surface area contributed by atoms with E-state index >= 15 is 0 Å². The molecule has 0 saturated carbocycles. The lowest BCUT2D eigenvalue weighted by molar-refractivity contribution is -0.131. The van der Waals surface area contributed by atoms with Gasteiger partial charge in [0, 0.05) is 58.3 Å². The third-order valence-electron chi connectivity index (χ3n) is 5.08. The van der Waals surface area contributed by atoms with Crippen LogP contribution in [0.15, 0.2) is 12.4 Å². The Bertz CT molecular complexity index is 615. The molecule has 2 fully saturated rings. The van der Waals surface area contributed by atoms with Crippen molar-refractivity contribution in [3.05, 3.63) is 18.2 Å². The maximum absolute atomic E-state index is 12.6. The minimum Gasteiger partial charge on any atom is -0.441 e. The van der Waals surface area contributed by atoms with E-state index in [1.165, 1.54) is 0 Å². The van der Waals surface area contributed by atoms with E-state index in [4.69, 9.17) is 4.74 Å². The number of rotatable bonds is 4. The smallest absolute Gasteiger partial charge is 0.410 e. The molecule has 7 nitrogen and oxygen atoms in total. The predicted molar refractivity (Wildman–Crippen MR) is 88.5 cm³/mol. The fourth-order valence-corrected chi connectivity index (χ4v) is 3.70. The third kappa shape index (κ3) is 3.39. The fourth-order valence-electron chi connectivity index (χ4n) is 3.70. The summed E-state index contributed by atoms with van der Waals surface area (Å²) < 4.78 is 7.64. The van der Waals surface area contributed by atoms with Crippen LogP contribution in [-0.2, 0) is 22.5 Å². The van der Waals surface area contributed by atoms with Gasteiger partial charge in [0.1, 0.15) is 11.4 Å². The summed E-state index contributed by atoms with van der Waals surface area (Å²) in [4.78, 5) is 32.1. The summed E-state index contributed by atoms with van der Waals surface area (Å²) in [7, 11) is 1.77. The molecule has 132 valence electrons. The van der Waals surface area contributed by atoms with Crippen molar-refractivity contribution < 1.29 is 14.3 Å². The summed E-state index contributed by atoms with van der Waals surface area (Å²) in [5.74, 6) is 1.18. The van der Waals surface area contributed by atoms with Gasteiger partial charge < -0.3 is 19.1 Å². The molecule has 1 atom stereocenters. The zero-order valence-corrected chi connectivity index (χ0v) is 14.5. The van der Waals surface area contributed by atoms with Crippen LogP contribution in [0.5, 0.6) is 0 Å². The highest BCUT2D eigenvalue weighted by molar-refractivity contribution is 5.76. The van der Waals surface area contributed by atoms with Crippen LogP contribution in [-0.4, -0.2) is 63.6 Å². The molecule has 1 aromatic rings. The Morgan fingerprint density at radius 1 is 1.38 bits per heavy atom. The summed E-state index contributed by atoms with van der Waals surface area (Å²) in [6, 6.07) is 0. The quantitative estimate of drug-likeness (QED) is 0.840. The number of likely N-dealkylation sites (N-methyl/N-ethyl adjacent to an activating group) is 1. The normalized spacial score (nSPS) is 24.3. The van der Waals surface area contributed by atoms with Gasteiger partial charge in [-0.2, -0.15) is 0 Å². The Hall–Kier alpha value is -2.05. The van der Waals surface area contributed by atoms with E-state index in [0.29, 0.717) is 26.1 Å². The molecule has 1 spiro atoms. The minimum atomic E-state index is -0.402. The molecule has 1 unspecified atom stereocenters. The van der Waals surface area contributed by atoms with Crippen molar-refractivity contribution in [2.75, 3.05) is 26.7 Å². The number of carbonyl (C=O) groups excluding carboxylic acids is 2. The fraction of sp³-hybridized carbons (Fsp3) is 0.706. The van der Waals surface area contributed by atoms with Gasteiger partial charge in [0.15, 0.2) is 0 Å². The van der Waals surface area contributed by atoms with Crippen LogP contribution < -0.4 is 0 Å². The van der Waals surface area contributed by atoms with Gasteiger partial charge in [0.25, 0.3) is 0 Å². The largest absolute Gasteiger partial charge is 0.441 e. The molecule has 0 N–H and O–H groups in total. The van der Waals surface area contributed by atoms with Crippen molar-refractivity contribution in [3.63, 3.8) is 0 Å². The first kappa shape index (κ1) is 16.8. The van der Waals surface area contributed by atoms with Gasteiger partial charge in [0.2, 0.25) is 5.91 Å². The molecule has 0 aliphatic carbocycles. The zero-order valence-electron chi connectivity index (χ0n) is 14.5. The van der Waals surface area contributed by atoms with Crippen molar-refractivity contribution in [1.82, 2.24) is 19.4 Å². The molecule has 3 rings (SSSR count). The molecule has 24 heavy (non-hydrogen) atoms. The summed E-state index contributed by atoms with van der Waals surface area (Å²) >= 11 is 0. The lowest BCUT2D eigenvalue weighted by atomic mass is 9.95.